The van der Waals surface area contributed by atoms with Gasteiger partial charge in [-0.15, -0.1) is 0 Å². The van der Waals surface area contributed by atoms with Gasteiger partial charge >= 0.3 is 6.18 Å². The van der Waals surface area contributed by atoms with Gasteiger partial charge in [0.2, 0.25) is 0 Å². The molecule has 0 amide bonds. The van der Waals surface area contributed by atoms with Gasteiger partial charge in [-0.25, -0.2) is 0 Å². The van der Waals surface area contributed by atoms with E-state index in [1.807, 2.05) is 0 Å². The lowest BCUT2D eigenvalue weighted by molar-refractivity contribution is -0.139. The Bertz CT molecular complexity index is 412. The Hall–Kier alpha value is -0.380. The van der Waals surface area contributed by atoms with E-state index in [9.17, 15) is 26.7 Å². The lowest BCUT2D eigenvalue weighted by Crippen LogP contribution is -2.55. The average molecular weight is 318 g/mol. The van der Waals surface area contributed by atoms with Crippen molar-refractivity contribution in [3.05, 3.63) is 0 Å². The highest BCUT2D eigenvalue weighted by molar-refractivity contribution is 7.86. The first-order valence-electron chi connectivity index (χ1n) is 6.56. The highest BCUT2D eigenvalue weighted by Gasteiger charge is 2.42. The Morgan fingerprint density at radius 3 is 2.40 bits per heavy atom. The summed E-state index contributed by atoms with van der Waals surface area (Å²) in [6.45, 7) is 1.07. The maximum Gasteiger partial charge on any atom is 0.402 e. The lowest BCUT2D eigenvalue weighted by atomic mass is 10.1. The van der Waals surface area contributed by atoms with Crippen LogP contribution in [0.5, 0.6) is 0 Å². The van der Waals surface area contributed by atoms with Crippen LogP contribution in [0.2, 0.25) is 0 Å². The second-order valence-electron chi connectivity index (χ2n) is 5.20. The van der Waals surface area contributed by atoms with Crippen molar-refractivity contribution in [2.75, 3.05) is 19.7 Å². The van der Waals surface area contributed by atoms with E-state index in [1.54, 1.807) is 0 Å². The molecule has 5 nitrogen and oxygen atoms in total. The van der Waals surface area contributed by atoms with Crippen molar-refractivity contribution in [1.29, 1.82) is 0 Å². The SMILES string of the molecule is CC(C)N(CC(F)(F)F)S(=O)(=O)N1CCCCC1CO. The van der Waals surface area contributed by atoms with Crippen LogP contribution in [-0.4, -0.2) is 60.1 Å². The summed E-state index contributed by atoms with van der Waals surface area (Å²) in [5.41, 5.74) is 0. The quantitative estimate of drug-likeness (QED) is 0.832. The number of halogens is 3. The average Bonchev–Trinajstić information content (AvgIpc) is 2.34. The fraction of sp³-hybridized carbons (Fsp3) is 1.00. The minimum atomic E-state index is -4.60. The maximum absolute atomic E-state index is 12.6. The highest BCUT2D eigenvalue weighted by atomic mass is 32.2. The van der Waals surface area contributed by atoms with Crippen molar-refractivity contribution in [3.63, 3.8) is 0 Å². The molecule has 1 aliphatic heterocycles. The molecule has 20 heavy (non-hydrogen) atoms. The molecule has 120 valence electrons. The Balaban J connectivity index is 3.03. The predicted molar refractivity (Wildman–Crippen MR) is 68.2 cm³/mol. The minimum Gasteiger partial charge on any atom is -0.395 e. The summed E-state index contributed by atoms with van der Waals surface area (Å²) >= 11 is 0. The number of hydrogen-bond donors (Lipinski definition) is 1. The monoisotopic (exact) mass is 318 g/mol. The van der Waals surface area contributed by atoms with Crippen LogP contribution in [0, 0.1) is 0 Å². The van der Waals surface area contributed by atoms with Crippen LogP contribution in [0.1, 0.15) is 33.1 Å². The van der Waals surface area contributed by atoms with Crippen molar-refractivity contribution in [2.24, 2.45) is 0 Å². The zero-order valence-corrected chi connectivity index (χ0v) is 12.4. The summed E-state index contributed by atoms with van der Waals surface area (Å²) in [4.78, 5) is 0. The molecular weight excluding hydrogens is 297 g/mol. The van der Waals surface area contributed by atoms with E-state index in [-0.39, 0.29) is 13.2 Å². The second kappa shape index (κ2) is 6.59. The van der Waals surface area contributed by atoms with Crippen LogP contribution in [0.25, 0.3) is 0 Å². The van der Waals surface area contributed by atoms with E-state index in [0.29, 0.717) is 17.1 Å². The molecule has 0 aromatic rings. The molecule has 1 aliphatic rings. The molecule has 1 unspecified atom stereocenters. The molecule has 0 spiro atoms. The maximum atomic E-state index is 12.6. The number of piperidine rings is 1. The van der Waals surface area contributed by atoms with Gasteiger partial charge in [0, 0.05) is 18.6 Å². The van der Waals surface area contributed by atoms with Gasteiger partial charge in [0.05, 0.1) is 6.61 Å². The molecule has 0 aromatic carbocycles. The van der Waals surface area contributed by atoms with Gasteiger partial charge in [-0.1, -0.05) is 6.42 Å². The van der Waals surface area contributed by atoms with E-state index >= 15 is 0 Å². The Morgan fingerprint density at radius 2 is 1.95 bits per heavy atom. The summed E-state index contributed by atoms with van der Waals surface area (Å²) in [7, 11) is -4.23. The van der Waals surface area contributed by atoms with Crippen LogP contribution in [0.15, 0.2) is 0 Å². The number of rotatable bonds is 5. The third-order valence-electron chi connectivity index (χ3n) is 3.29. The third-order valence-corrected chi connectivity index (χ3v) is 5.50. The number of alkyl halides is 3. The zero-order chi connectivity index (χ0) is 15.6. The third kappa shape index (κ3) is 4.31. The molecule has 1 rings (SSSR count). The van der Waals surface area contributed by atoms with Gasteiger partial charge in [-0.05, 0) is 26.7 Å². The molecule has 0 bridgehead atoms. The van der Waals surface area contributed by atoms with Gasteiger partial charge in [0.25, 0.3) is 10.2 Å². The highest BCUT2D eigenvalue weighted by Crippen LogP contribution is 2.26. The lowest BCUT2D eigenvalue weighted by Gasteiger charge is -2.38. The standard InChI is InChI=1S/C11H21F3N2O3S/c1-9(2)16(8-11(12,13)14)20(18,19)15-6-4-3-5-10(15)7-17/h9-10,17H,3-8H2,1-2H3. The smallest absolute Gasteiger partial charge is 0.395 e. The summed E-state index contributed by atoms with van der Waals surface area (Å²) in [6, 6.07) is -1.44. The van der Waals surface area contributed by atoms with Crippen molar-refractivity contribution < 1.29 is 26.7 Å². The van der Waals surface area contributed by atoms with Crippen LogP contribution in [0.3, 0.4) is 0 Å². The summed E-state index contributed by atoms with van der Waals surface area (Å²) < 4.78 is 64.0. The Morgan fingerprint density at radius 1 is 1.35 bits per heavy atom. The van der Waals surface area contributed by atoms with E-state index in [0.717, 1.165) is 10.7 Å². The van der Waals surface area contributed by atoms with Crippen molar-refractivity contribution in [2.45, 2.75) is 51.4 Å². The Kier molecular flexibility index (Phi) is 5.82. The predicted octanol–water partition coefficient (Wildman–Crippen LogP) is 1.35. The topological polar surface area (TPSA) is 60.9 Å². The van der Waals surface area contributed by atoms with E-state index in [4.69, 9.17) is 0 Å². The number of aliphatic hydroxyl groups excluding tert-OH is 1. The summed E-state index contributed by atoms with van der Waals surface area (Å²) in [6.07, 6.45) is -2.78. The number of aliphatic hydroxyl groups is 1. The number of hydrogen-bond acceptors (Lipinski definition) is 3. The minimum absolute atomic E-state index is 0.147. The largest absolute Gasteiger partial charge is 0.402 e. The first-order valence-corrected chi connectivity index (χ1v) is 7.95. The summed E-state index contributed by atoms with van der Waals surface area (Å²) in [5.74, 6) is 0. The fourth-order valence-electron chi connectivity index (χ4n) is 2.30. The molecule has 0 saturated carbocycles. The van der Waals surface area contributed by atoms with Crippen molar-refractivity contribution in [1.82, 2.24) is 8.61 Å². The van der Waals surface area contributed by atoms with Crippen LogP contribution in [-0.2, 0) is 10.2 Å². The molecule has 1 fully saturated rings. The normalized spacial score (nSPS) is 22.7. The van der Waals surface area contributed by atoms with Crippen molar-refractivity contribution >= 4 is 10.2 Å². The van der Waals surface area contributed by atoms with E-state index < -0.39 is 35.0 Å². The molecule has 0 radical (unpaired) electrons. The first kappa shape index (κ1) is 17.7. The van der Waals surface area contributed by atoms with Gasteiger partial charge in [-0.2, -0.15) is 30.2 Å². The molecular formula is C11H21F3N2O3S. The molecule has 0 aliphatic carbocycles. The second-order valence-corrected chi connectivity index (χ2v) is 7.04. The van der Waals surface area contributed by atoms with E-state index in [1.165, 1.54) is 13.8 Å². The van der Waals surface area contributed by atoms with Crippen LogP contribution in [0.4, 0.5) is 13.2 Å². The molecule has 9 heteroatoms. The van der Waals surface area contributed by atoms with Crippen LogP contribution >= 0.6 is 0 Å². The van der Waals surface area contributed by atoms with E-state index in [2.05, 4.69) is 0 Å². The van der Waals surface area contributed by atoms with Gasteiger partial charge in [0.1, 0.15) is 6.54 Å². The van der Waals surface area contributed by atoms with Crippen LogP contribution < -0.4 is 0 Å². The molecule has 1 atom stereocenters. The Labute approximate surface area is 117 Å². The van der Waals surface area contributed by atoms with Gasteiger partial charge in [0.15, 0.2) is 0 Å². The van der Waals surface area contributed by atoms with Gasteiger partial charge < -0.3 is 5.11 Å². The summed E-state index contributed by atoms with van der Waals surface area (Å²) in [5, 5.41) is 9.23. The number of nitrogens with zero attached hydrogens (tertiary/aromatic N) is 2. The first-order chi connectivity index (χ1) is 9.09. The molecule has 0 aromatic heterocycles. The molecule has 1 N–H and O–H groups in total. The zero-order valence-electron chi connectivity index (χ0n) is 11.6. The molecule has 1 heterocycles. The van der Waals surface area contributed by atoms with Gasteiger partial charge in [-0.3, -0.25) is 0 Å². The molecule has 1 saturated heterocycles. The van der Waals surface area contributed by atoms with Crippen molar-refractivity contribution in [3.8, 4) is 0 Å². The fourth-order valence-corrected chi connectivity index (χ4v) is 4.32.